The van der Waals surface area contributed by atoms with E-state index < -0.39 is 17.8 Å². The first-order valence-electron chi connectivity index (χ1n) is 5.07. The third-order valence-corrected chi connectivity index (χ3v) is 2.40. The molecule has 1 atom stereocenters. The highest BCUT2D eigenvalue weighted by Crippen LogP contribution is 2.30. The van der Waals surface area contributed by atoms with Crippen molar-refractivity contribution in [1.29, 1.82) is 0 Å². The molecule has 96 valence electrons. The zero-order valence-corrected chi connectivity index (χ0v) is 9.05. The van der Waals surface area contributed by atoms with Crippen molar-refractivity contribution in [3.8, 4) is 0 Å². The van der Waals surface area contributed by atoms with Crippen LogP contribution in [-0.4, -0.2) is 15.3 Å². The van der Waals surface area contributed by atoms with Gasteiger partial charge < -0.3 is 9.52 Å². The number of aromatic nitrogens is 2. The molecule has 0 aliphatic carbocycles. The van der Waals surface area contributed by atoms with Crippen LogP contribution in [0.15, 0.2) is 35.1 Å². The average Bonchev–Trinajstić information content (AvgIpc) is 2.81. The third-order valence-electron chi connectivity index (χ3n) is 2.40. The Morgan fingerprint density at radius 3 is 2.39 bits per heavy atom. The summed E-state index contributed by atoms with van der Waals surface area (Å²) in [6, 6.07) is 4.30. The van der Waals surface area contributed by atoms with Gasteiger partial charge in [-0.15, -0.1) is 10.2 Å². The van der Waals surface area contributed by atoms with Crippen molar-refractivity contribution in [1.82, 2.24) is 10.2 Å². The maximum atomic E-state index is 12.3. The van der Waals surface area contributed by atoms with Crippen molar-refractivity contribution in [3.05, 3.63) is 47.7 Å². The molecule has 1 aromatic carbocycles. The SMILES string of the molecule is OC(Cc1nnco1)c1ccc(C(F)(F)F)cc1. The molecule has 0 saturated carbocycles. The van der Waals surface area contributed by atoms with E-state index in [1.54, 1.807) is 0 Å². The van der Waals surface area contributed by atoms with Crippen LogP contribution in [0.2, 0.25) is 0 Å². The lowest BCUT2D eigenvalue weighted by Crippen LogP contribution is -2.06. The van der Waals surface area contributed by atoms with Crippen molar-refractivity contribution in [3.63, 3.8) is 0 Å². The molecule has 1 unspecified atom stereocenters. The van der Waals surface area contributed by atoms with Gasteiger partial charge in [-0.3, -0.25) is 0 Å². The molecule has 0 aliphatic heterocycles. The van der Waals surface area contributed by atoms with E-state index in [1.165, 1.54) is 12.1 Å². The largest absolute Gasteiger partial charge is 0.428 e. The monoisotopic (exact) mass is 258 g/mol. The van der Waals surface area contributed by atoms with E-state index in [0.29, 0.717) is 5.56 Å². The Kier molecular flexibility index (Phi) is 3.33. The third kappa shape index (κ3) is 2.86. The number of alkyl halides is 3. The molecule has 0 radical (unpaired) electrons. The van der Waals surface area contributed by atoms with E-state index in [1.807, 2.05) is 0 Å². The molecule has 0 saturated heterocycles. The average molecular weight is 258 g/mol. The second-order valence-electron chi connectivity index (χ2n) is 3.67. The predicted molar refractivity (Wildman–Crippen MR) is 54.4 cm³/mol. The number of rotatable bonds is 3. The van der Waals surface area contributed by atoms with Gasteiger partial charge in [-0.1, -0.05) is 12.1 Å². The highest BCUT2D eigenvalue weighted by molar-refractivity contribution is 5.26. The Morgan fingerprint density at radius 1 is 1.22 bits per heavy atom. The molecule has 2 rings (SSSR count). The summed E-state index contributed by atoms with van der Waals surface area (Å²) in [4.78, 5) is 0. The summed E-state index contributed by atoms with van der Waals surface area (Å²) in [5.41, 5.74) is -0.391. The molecule has 1 aromatic heterocycles. The van der Waals surface area contributed by atoms with Crippen LogP contribution in [0, 0.1) is 0 Å². The van der Waals surface area contributed by atoms with Crippen LogP contribution >= 0.6 is 0 Å². The number of aliphatic hydroxyl groups excluding tert-OH is 1. The molecule has 4 nitrogen and oxygen atoms in total. The molecule has 1 N–H and O–H groups in total. The summed E-state index contributed by atoms with van der Waals surface area (Å²) < 4.78 is 41.8. The zero-order valence-electron chi connectivity index (χ0n) is 9.05. The second kappa shape index (κ2) is 4.77. The first-order valence-corrected chi connectivity index (χ1v) is 5.07. The lowest BCUT2D eigenvalue weighted by Gasteiger charge is -2.11. The minimum absolute atomic E-state index is 0.0609. The van der Waals surface area contributed by atoms with Gasteiger partial charge in [0.05, 0.1) is 18.1 Å². The smallest absolute Gasteiger partial charge is 0.416 e. The van der Waals surface area contributed by atoms with Gasteiger partial charge in [0.15, 0.2) is 0 Å². The number of nitrogens with zero attached hydrogens (tertiary/aromatic N) is 2. The molecule has 0 bridgehead atoms. The van der Waals surface area contributed by atoms with Gasteiger partial charge in [0.25, 0.3) is 0 Å². The van der Waals surface area contributed by atoms with E-state index >= 15 is 0 Å². The van der Waals surface area contributed by atoms with Gasteiger partial charge in [-0.2, -0.15) is 13.2 Å². The summed E-state index contributed by atoms with van der Waals surface area (Å²) in [7, 11) is 0. The van der Waals surface area contributed by atoms with E-state index in [-0.39, 0.29) is 12.3 Å². The summed E-state index contributed by atoms with van der Waals surface area (Å²) in [5, 5.41) is 16.8. The number of aliphatic hydroxyl groups is 1. The zero-order chi connectivity index (χ0) is 13.2. The standard InChI is InChI=1S/C11H9F3N2O2/c12-11(13,14)8-3-1-7(2-4-8)9(17)5-10-16-15-6-18-10/h1-4,6,9,17H,5H2. The molecular weight excluding hydrogens is 249 g/mol. The van der Waals surface area contributed by atoms with Crippen LogP contribution < -0.4 is 0 Å². The minimum atomic E-state index is -4.38. The summed E-state index contributed by atoms with van der Waals surface area (Å²) >= 11 is 0. The number of halogens is 3. The summed E-state index contributed by atoms with van der Waals surface area (Å²) in [6.45, 7) is 0. The topological polar surface area (TPSA) is 59.2 Å². The van der Waals surface area contributed by atoms with Crippen molar-refractivity contribution >= 4 is 0 Å². The fraction of sp³-hybridized carbons (Fsp3) is 0.273. The highest BCUT2D eigenvalue weighted by atomic mass is 19.4. The van der Waals surface area contributed by atoms with Crippen LogP contribution in [0.4, 0.5) is 13.2 Å². The maximum Gasteiger partial charge on any atom is 0.416 e. The lowest BCUT2D eigenvalue weighted by molar-refractivity contribution is -0.137. The molecule has 18 heavy (non-hydrogen) atoms. The van der Waals surface area contributed by atoms with Crippen molar-refractivity contribution < 1.29 is 22.7 Å². The number of hydrogen-bond acceptors (Lipinski definition) is 4. The maximum absolute atomic E-state index is 12.3. The van der Waals surface area contributed by atoms with Crippen LogP contribution in [0.1, 0.15) is 23.1 Å². The quantitative estimate of drug-likeness (QED) is 0.918. The van der Waals surface area contributed by atoms with Gasteiger partial charge >= 0.3 is 6.18 Å². The fourth-order valence-corrected chi connectivity index (χ4v) is 1.46. The Hall–Kier alpha value is -1.89. The normalized spacial score (nSPS) is 13.6. The Labute approximate surface area is 100 Å². The van der Waals surface area contributed by atoms with E-state index in [9.17, 15) is 18.3 Å². The van der Waals surface area contributed by atoms with Gasteiger partial charge in [0, 0.05) is 0 Å². The Morgan fingerprint density at radius 2 is 1.89 bits per heavy atom. The molecule has 0 amide bonds. The van der Waals surface area contributed by atoms with E-state index in [4.69, 9.17) is 4.42 Å². The molecular formula is C11H9F3N2O2. The Bertz CT molecular complexity index is 494. The van der Waals surface area contributed by atoms with Gasteiger partial charge in [-0.25, -0.2) is 0 Å². The Balaban J connectivity index is 2.10. The predicted octanol–water partition coefficient (Wildman–Crippen LogP) is 2.36. The van der Waals surface area contributed by atoms with Crippen molar-refractivity contribution in [2.24, 2.45) is 0 Å². The number of hydrogen-bond donors (Lipinski definition) is 1. The first kappa shape index (κ1) is 12.6. The highest BCUT2D eigenvalue weighted by Gasteiger charge is 2.30. The number of benzene rings is 1. The van der Waals surface area contributed by atoms with Crippen LogP contribution in [0.5, 0.6) is 0 Å². The summed E-state index contributed by atoms with van der Waals surface area (Å²) in [5.74, 6) is 0.224. The lowest BCUT2D eigenvalue weighted by atomic mass is 10.0. The van der Waals surface area contributed by atoms with Crippen molar-refractivity contribution in [2.75, 3.05) is 0 Å². The summed E-state index contributed by atoms with van der Waals surface area (Å²) in [6.07, 6.45) is -4.18. The van der Waals surface area contributed by atoms with Crippen molar-refractivity contribution in [2.45, 2.75) is 18.7 Å². The molecule has 1 heterocycles. The van der Waals surface area contributed by atoms with Crippen LogP contribution in [-0.2, 0) is 12.6 Å². The minimum Gasteiger partial charge on any atom is -0.428 e. The van der Waals surface area contributed by atoms with Crippen LogP contribution in [0.25, 0.3) is 0 Å². The molecule has 0 aliphatic rings. The van der Waals surface area contributed by atoms with E-state index in [0.717, 1.165) is 18.5 Å². The molecule has 2 aromatic rings. The van der Waals surface area contributed by atoms with Crippen LogP contribution in [0.3, 0.4) is 0 Å². The first-order chi connectivity index (χ1) is 8.47. The second-order valence-corrected chi connectivity index (χ2v) is 3.67. The van der Waals surface area contributed by atoms with Gasteiger partial charge in [0.2, 0.25) is 12.3 Å². The molecule has 0 fully saturated rings. The molecule has 0 spiro atoms. The van der Waals surface area contributed by atoms with E-state index in [2.05, 4.69) is 10.2 Å². The van der Waals surface area contributed by atoms with Gasteiger partial charge in [-0.05, 0) is 17.7 Å². The molecule has 7 heteroatoms. The fourth-order valence-electron chi connectivity index (χ4n) is 1.46. The van der Waals surface area contributed by atoms with Gasteiger partial charge in [0.1, 0.15) is 0 Å².